The predicted octanol–water partition coefficient (Wildman–Crippen LogP) is 4.01. The third kappa shape index (κ3) is 4.37. The zero-order valence-corrected chi connectivity index (χ0v) is 12.7. The molecule has 0 aliphatic heterocycles. The highest BCUT2D eigenvalue weighted by molar-refractivity contribution is 7.97. The van der Waals surface area contributed by atoms with E-state index in [1.807, 2.05) is 24.3 Å². The Hall–Kier alpha value is -1.72. The monoisotopic (exact) mass is 324 g/mol. The Morgan fingerprint density at radius 3 is 2.57 bits per heavy atom. The fraction of sp³-hybridized carbons (Fsp3) is 0.133. The van der Waals surface area contributed by atoms with Gasteiger partial charge in [0.15, 0.2) is 5.84 Å². The van der Waals surface area contributed by atoms with Gasteiger partial charge in [0.25, 0.3) is 0 Å². The summed E-state index contributed by atoms with van der Waals surface area (Å²) < 4.78 is 13.3. The summed E-state index contributed by atoms with van der Waals surface area (Å²) in [7, 11) is 0. The van der Waals surface area contributed by atoms with Crippen LogP contribution in [0.2, 0.25) is 5.02 Å². The summed E-state index contributed by atoms with van der Waals surface area (Å²) in [6.45, 7) is 0. The maximum atomic E-state index is 13.3. The van der Waals surface area contributed by atoms with Gasteiger partial charge in [-0.3, -0.25) is 0 Å². The standard InChI is InChI=1S/C15H14ClFN2OS/c16-12-4-1-10(2-5-12)8-21-9-11-3-6-13(17)7-14(11)15(18)19-20/h1-7,20H,8-9H2,(H2,18,19). The molecule has 3 nitrogen and oxygen atoms in total. The molecule has 0 unspecified atom stereocenters. The molecule has 0 radical (unpaired) electrons. The van der Waals surface area contributed by atoms with Crippen LogP contribution >= 0.6 is 23.4 Å². The van der Waals surface area contributed by atoms with Crippen LogP contribution in [0.4, 0.5) is 4.39 Å². The largest absolute Gasteiger partial charge is 0.409 e. The number of rotatable bonds is 5. The number of nitrogens with two attached hydrogens (primary N) is 1. The summed E-state index contributed by atoms with van der Waals surface area (Å²) in [5.74, 6) is 0.929. The van der Waals surface area contributed by atoms with Crippen LogP contribution in [0.25, 0.3) is 0 Å². The molecule has 110 valence electrons. The Bertz CT molecular complexity index is 647. The van der Waals surface area contributed by atoms with Crippen LogP contribution in [-0.2, 0) is 11.5 Å². The second-order valence-corrected chi connectivity index (χ2v) is 5.83. The zero-order chi connectivity index (χ0) is 15.2. The Kier molecular flexibility index (Phi) is 5.47. The minimum atomic E-state index is -0.414. The van der Waals surface area contributed by atoms with E-state index in [4.69, 9.17) is 22.5 Å². The number of halogens is 2. The van der Waals surface area contributed by atoms with Crippen molar-refractivity contribution in [1.29, 1.82) is 0 Å². The Morgan fingerprint density at radius 1 is 1.19 bits per heavy atom. The Labute approximate surface area is 131 Å². The predicted molar refractivity (Wildman–Crippen MR) is 85.4 cm³/mol. The number of amidine groups is 1. The number of thioether (sulfide) groups is 1. The third-order valence-electron chi connectivity index (χ3n) is 2.90. The van der Waals surface area contributed by atoms with Crippen LogP contribution in [0.5, 0.6) is 0 Å². The van der Waals surface area contributed by atoms with E-state index in [-0.39, 0.29) is 5.84 Å². The van der Waals surface area contributed by atoms with Crippen LogP contribution < -0.4 is 5.73 Å². The van der Waals surface area contributed by atoms with Gasteiger partial charge in [0.1, 0.15) is 5.82 Å². The molecule has 0 saturated heterocycles. The van der Waals surface area contributed by atoms with E-state index in [9.17, 15) is 4.39 Å². The van der Waals surface area contributed by atoms with Crippen molar-refractivity contribution in [2.75, 3.05) is 0 Å². The van der Waals surface area contributed by atoms with Crippen molar-refractivity contribution >= 4 is 29.2 Å². The van der Waals surface area contributed by atoms with Crippen molar-refractivity contribution in [3.8, 4) is 0 Å². The summed E-state index contributed by atoms with van der Waals surface area (Å²) in [5.41, 5.74) is 7.97. The quantitative estimate of drug-likeness (QED) is 0.378. The molecule has 0 amide bonds. The highest BCUT2D eigenvalue weighted by Crippen LogP contribution is 2.22. The molecule has 0 spiro atoms. The normalized spacial score (nSPS) is 11.6. The van der Waals surface area contributed by atoms with E-state index in [0.29, 0.717) is 16.3 Å². The smallest absolute Gasteiger partial charge is 0.170 e. The van der Waals surface area contributed by atoms with E-state index >= 15 is 0 Å². The van der Waals surface area contributed by atoms with Crippen molar-refractivity contribution < 1.29 is 9.60 Å². The van der Waals surface area contributed by atoms with Gasteiger partial charge in [-0.2, -0.15) is 11.8 Å². The van der Waals surface area contributed by atoms with E-state index in [1.54, 1.807) is 17.8 Å². The fourth-order valence-electron chi connectivity index (χ4n) is 1.83. The van der Waals surface area contributed by atoms with Crippen molar-refractivity contribution in [2.24, 2.45) is 10.9 Å². The second-order valence-electron chi connectivity index (χ2n) is 4.41. The summed E-state index contributed by atoms with van der Waals surface area (Å²) in [5, 5.41) is 12.4. The molecule has 2 aromatic rings. The van der Waals surface area contributed by atoms with Crippen molar-refractivity contribution in [1.82, 2.24) is 0 Å². The molecule has 2 rings (SSSR count). The van der Waals surface area contributed by atoms with Gasteiger partial charge in [-0.05, 0) is 35.4 Å². The van der Waals surface area contributed by atoms with E-state index < -0.39 is 5.82 Å². The first-order valence-electron chi connectivity index (χ1n) is 6.18. The summed E-state index contributed by atoms with van der Waals surface area (Å²) in [6, 6.07) is 11.9. The number of nitrogens with zero attached hydrogens (tertiary/aromatic N) is 1. The lowest BCUT2D eigenvalue weighted by Crippen LogP contribution is -2.15. The number of benzene rings is 2. The minimum absolute atomic E-state index is 0.0865. The molecule has 21 heavy (non-hydrogen) atoms. The highest BCUT2D eigenvalue weighted by Gasteiger charge is 2.09. The average molecular weight is 325 g/mol. The molecule has 0 aromatic heterocycles. The van der Waals surface area contributed by atoms with Gasteiger partial charge in [0.05, 0.1) is 0 Å². The fourth-order valence-corrected chi connectivity index (χ4v) is 2.95. The van der Waals surface area contributed by atoms with Crippen molar-refractivity contribution in [3.63, 3.8) is 0 Å². The summed E-state index contributed by atoms with van der Waals surface area (Å²) in [4.78, 5) is 0. The lowest BCUT2D eigenvalue weighted by Gasteiger charge is -2.08. The topological polar surface area (TPSA) is 58.6 Å². The molecule has 0 fully saturated rings. The van der Waals surface area contributed by atoms with Gasteiger partial charge in [-0.15, -0.1) is 0 Å². The summed E-state index contributed by atoms with van der Waals surface area (Å²) in [6.07, 6.45) is 0. The first-order chi connectivity index (χ1) is 10.1. The van der Waals surface area contributed by atoms with Crippen LogP contribution in [0.15, 0.2) is 47.6 Å². The molecule has 0 bridgehead atoms. The maximum Gasteiger partial charge on any atom is 0.170 e. The molecule has 3 N–H and O–H groups in total. The molecule has 0 saturated carbocycles. The van der Waals surface area contributed by atoms with Crippen LogP contribution in [0.3, 0.4) is 0 Å². The minimum Gasteiger partial charge on any atom is -0.409 e. The number of hydrogen-bond acceptors (Lipinski definition) is 3. The van der Waals surface area contributed by atoms with Crippen molar-refractivity contribution in [2.45, 2.75) is 11.5 Å². The van der Waals surface area contributed by atoms with Crippen molar-refractivity contribution in [3.05, 3.63) is 70.0 Å². The highest BCUT2D eigenvalue weighted by atomic mass is 35.5. The van der Waals surface area contributed by atoms with Gasteiger partial charge in [-0.1, -0.05) is 35.0 Å². The number of oxime groups is 1. The van der Waals surface area contributed by atoms with Gasteiger partial charge in [-0.25, -0.2) is 4.39 Å². The van der Waals surface area contributed by atoms with Gasteiger partial charge < -0.3 is 10.9 Å². The molecule has 6 heteroatoms. The van der Waals surface area contributed by atoms with Crippen LogP contribution in [-0.4, -0.2) is 11.0 Å². The van der Waals surface area contributed by atoms with Gasteiger partial charge >= 0.3 is 0 Å². The molecule has 2 aromatic carbocycles. The SMILES string of the molecule is N/C(=N/O)c1cc(F)ccc1CSCc1ccc(Cl)cc1. The zero-order valence-electron chi connectivity index (χ0n) is 11.1. The lowest BCUT2D eigenvalue weighted by atomic mass is 10.1. The van der Waals surface area contributed by atoms with Crippen LogP contribution in [0.1, 0.15) is 16.7 Å². The molecular weight excluding hydrogens is 311 g/mol. The maximum absolute atomic E-state index is 13.3. The molecule has 0 atom stereocenters. The number of hydrogen-bond donors (Lipinski definition) is 2. The van der Waals surface area contributed by atoms with Crippen LogP contribution in [0, 0.1) is 5.82 Å². The first kappa shape index (κ1) is 15.7. The molecule has 0 aliphatic carbocycles. The Balaban J connectivity index is 2.04. The molecular formula is C15H14ClFN2OS. The van der Waals surface area contributed by atoms with E-state index in [2.05, 4.69) is 5.16 Å². The van der Waals surface area contributed by atoms with E-state index in [0.717, 1.165) is 16.9 Å². The lowest BCUT2D eigenvalue weighted by molar-refractivity contribution is 0.318. The summed E-state index contributed by atoms with van der Waals surface area (Å²) >= 11 is 7.49. The first-order valence-corrected chi connectivity index (χ1v) is 7.72. The molecule has 0 heterocycles. The molecule has 0 aliphatic rings. The third-order valence-corrected chi connectivity index (χ3v) is 4.20. The van der Waals surface area contributed by atoms with E-state index in [1.165, 1.54) is 12.1 Å². The second kappa shape index (κ2) is 7.33. The Morgan fingerprint density at radius 2 is 1.90 bits per heavy atom. The van der Waals surface area contributed by atoms with Gasteiger partial charge in [0.2, 0.25) is 0 Å². The van der Waals surface area contributed by atoms with Gasteiger partial charge in [0, 0.05) is 22.1 Å². The average Bonchev–Trinajstić information content (AvgIpc) is 2.50.